The number of carbonyl (C=O) groups is 1. The summed E-state index contributed by atoms with van der Waals surface area (Å²) in [4.78, 5) is 31.7. The van der Waals surface area contributed by atoms with Crippen molar-refractivity contribution in [1.82, 2.24) is 4.98 Å². The maximum absolute atomic E-state index is 12.9. The van der Waals surface area contributed by atoms with Crippen LogP contribution in [0.15, 0.2) is 62.2 Å². The van der Waals surface area contributed by atoms with Crippen LogP contribution in [-0.2, 0) is 9.53 Å². The molecule has 0 radical (unpaired) electrons. The summed E-state index contributed by atoms with van der Waals surface area (Å²) in [5, 5.41) is 0.793. The number of hydrogen-bond acceptors (Lipinski definition) is 7. The molecule has 0 aliphatic carbocycles. The number of carbonyl (C=O) groups excluding carboxylic acids is 1. The van der Waals surface area contributed by atoms with Crippen molar-refractivity contribution in [2.24, 2.45) is 0 Å². The quantitative estimate of drug-likeness (QED) is 0.223. The molecule has 7 nitrogen and oxygen atoms in total. The predicted molar refractivity (Wildman–Crippen MR) is 141 cm³/mol. The number of anilines is 1. The molecule has 0 N–H and O–H groups in total. The SMILES string of the molecule is CCCOC(=O)CCCN1c2cc3oc(=O)c(-c4nc5ccccc5o4)cc3cc2C(C)=CC1(C)C. The third-order valence-corrected chi connectivity index (χ3v) is 6.59. The van der Waals surface area contributed by atoms with Gasteiger partial charge in [-0.05, 0) is 63.5 Å². The molecule has 0 atom stereocenters. The Hall–Kier alpha value is -3.87. The average Bonchev–Trinajstić information content (AvgIpc) is 3.27. The number of esters is 1. The second kappa shape index (κ2) is 9.30. The molecule has 0 fully saturated rings. The van der Waals surface area contributed by atoms with E-state index in [4.69, 9.17) is 13.6 Å². The molecule has 1 aliphatic heterocycles. The molecule has 1 aliphatic rings. The van der Waals surface area contributed by atoms with E-state index < -0.39 is 5.63 Å². The number of para-hydroxylation sites is 2. The van der Waals surface area contributed by atoms with E-state index in [-0.39, 0.29) is 17.4 Å². The number of benzene rings is 2. The van der Waals surface area contributed by atoms with Crippen LogP contribution in [0.4, 0.5) is 5.69 Å². The lowest BCUT2D eigenvalue weighted by Gasteiger charge is -2.43. The van der Waals surface area contributed by atoms with Crippen LogP contribution in [-0.4, -0.2) is 29.6 Å². The first-order valence-corrected chi connectivity index (χ1v) is 12.4. The van der Waals surface area contributed by atoms with Gasteiger partial charge >= 0.3 is 11.6 Å². The Bertz CT molecular complexity index is 1510. The van der Waals surface area contributed by atoms with Crippen molar-refractivity contribution in [2.45, 2.75) is 52.5 Å². The fourth-order valence-corrected chi connectivity index (χ4v) is 4.91. The van der Waals surface area contributed by atoms with E-state index in [2.05, 4.69) is 36.7 Å². The molecule has 3 heterocycles. The molecule has 7 heteroatoms. The highest BCUT2D eigenvalue weighted by Gasteiger charge is 2.32. The van der Waals surface area contributed by atoms with Gasteiger partial charge in [-0.1, -0.05) is 25.1 Å². The van der Waals surface area contributed by atoms with Gasteiger partial charge in [-0.15, -0.1) is 0 Å². The Kier molecular flexibility index (Phi) is 6.16. The van der Waals surface area contributed by atoms with E-state index >= 15 is 0 Å². The molecule has 4 aromatic rings. The van der Waals surface area contributed by atoms with Crippen LogP contribution in [0.2, 0.25) is 0 Å². The second-order valence-corrected chi connectivity index (χ2v) is 9.80. The molecule has 0 saturated heterocycles. The summed E-state index contributed by atoms with van der Waals surface area (Å²) in [7, 11) is 0. The maximum Gasteiger partial charge on any atom is 0.349 e. The van der Waals surface area contributed by atoms with Crippen molar-refractivity contribution in [3.8, 4) is 11.5 Å². The smallest absolute Gasteiger partial charge is 0.349 e. The highest BCUT2D eigenvalue weighted by atomic mass is 16.5. The first-order chi connectivity index (χ1) is 17.3. The van der Waals surface area contributed by atoms with Gasteiger partial charge in [0.1, 0.15) is 16.7 Å². The molecule has 0 amide bonds. The van der Waals surface area contributed by atoms with Crippen molar-refractivity contribution in [3.05, 3.63) is 64.5 Å². The van der Waals surface area contributed by atoms with Gasteiger partial charge in [0, 0.05) is 35.7 Å². The Labute approximate surface area is 209 Å². The molecule has 0 bridgehead atoms. The Morgan fingerprint density at radius 2 is 1.86 bits per heavy atom. The third-order valence-electron chi connectivity index (χ3n) is 6.59. The zero-order chi connectivity index (χ0) is 25.4. The lowest BCUT2D eigenvalue weighted by Crippen LogP contribution is -2.45. The third kappa shape index (κ3) is 4.41. The minimum absolute atomic E-state index is 0.171. The molecule has 0 spiro atoms. The van der Waals surface area contributed by atoms with Crippen LogP contribution in [0, 0.1) is 0 Å². The topological polar surface area (TPSA) is 85.8 Å². The summed E-state index contributed by atoms with van der Waals surface area (Å²) in [6, 6.07) is 13.2. The molecule has 2 aromatic carbocycles. The van der Waals surface area contributed by atoms with E-state index in [1.165, 1.54) is 0 Å². The second-order valence-electron chi connectivity index (χ2n) is 9.80. The van der Waals surface area contributed by atoms with Gasteiger partial charge in [0.15, 0.2) is 5.58 Å². The average molecular weight is 487 g/mol. The minimum Gasteiger partial charge on any atom is -0.466 e. The van der Waals surface area contributed by atoms with Gasteiger partial charge in [0.2, 0.25) is 5.89 Å². The van der Waals surface area contributed by atoms with E-state index in [1.807, 2.05) is 43.3 Å². The Balaban J connectivity index is 1.51. The first-order valence-electron chi connectivity index (χ1n) is 12.4. The van der Waals surface area contributed by atoms with Gasteiger partial charge in [-0.3, -0.25) is 4.79 Å². The van der Waals surface area contributed by atoms with Crippen molar-refractivity contribution in [1.29, 1.82) is 0 Å². The van der Waals surface area contributed by atoms with Gasteiger partial charge < -0.3 is 18.5 Å². The number of rotatable bonds is 7. The molecule has 0 saturated carbocycles. The summed E-state index contributed by atoms with van der Waals surface area (Å²) in [5.74, 6) is 0.0735. The fourth-order valence-electron chi connectivity index (χ4n) is 4.91. The monoisotopic (exact) mass is 486 g/mol. The van der Waals surface area contributed by atoms with Crippen molar-refractivity contribution in [3.63, 3.8) is 0 Å². The number of ether oxygens (including phenoxy) is 1. The predicted octanol–water partition coefficient (Wildman–Crippen LogP) is 6.34. The highest BCUT2D eigenvalue weighted by Crippen LogP contribution is 2.41. The van der Waals surface area contributed by atoms with Crippen LogP contribution < -0.4 is 10.5 Å². The van der Waals surface area contributed by atoms with Crippen molar-refractivity contribution >= 4 is 39.3 Å². The Morgan fingerprint density at radius 1 is 1.08 bits per heavy atom. The molecule has 2 aromatic heterocycles. The number of fused-ring (bicyclic) bond motifs is 3. The van der Waals surface area contributed by atoms with Gasteiger partial charge in [-0.2, -0.15) is 0 Å². The largest absolute Gasteiger partial charge is 0.466 e. The zero-order valence-corrected chi connectivity index (χ0v) is 21.1. The summed E-state index contributed by atoms with van der Waals surface area (Å²) in [6.07, 6.45) is 4.07. The van der Waals surface area contributed by atoms with Crippen LogP contribution in [0.3, 0.4) is 0 Å². The normalized spacial score (nSPS) is 14.7. The Morgan fingerprint density at radius 3 is 2.64 bits per heavy atom. The van der Waals surface area contributed by atoms with Crippen molar-refractivity contribution < 1.29 is 18.4 Å². The van der Waals surface area contributed by atoms with Gasteiger partial charge in [0.05, 0.1) is 12.1 Å². The number of aromatic nitrogens is 1. The fraction of sp³-hybridized carbons (Fsp3) is 0.345. The summed E-state index contributed by atoms with van der Waals surface area (Å²) < 4.78 is 16.8. The minimum atomic E-state index is -0.499. The number of allylic oxidation sites excluding steroid dienone is 1. The molecule has 186 valence electrons. The van der Waals surface area contributed by atoms with Gasteiger partial charge in [-0.25, -0.2) is 9.78 Å². The number of nitrogens with zero attached hydrogens (tertiary/aromatic N) is 2. The summed E-state index contributed by atoms with van der Waals surface area (Å²) in [6.45, 7) is 9.48. The molecule has 0 unspecified atom stereocenters. The first kappa shape index (κ1) is 23.9. The maximum atomic E-state index is 12.9. The molecular formula is C29H30N2O5. The number of oxazole rings is 1. The van der Waals surface area contributed by atoms with E-state index in [0.29, 0.717) is 48.2 Å². The van der Waals surface area contributed by atoms with Crippen LogP contribution in [0.25, 0.3) is 39.1 Å². The van der Waals surface area contributed by atoms with E-state index in [9.17, 15) is 9.59 Å². The van der Waals surface area contributed by atoms with Crippen LogP contribution >= 0.6 is 0 Å². The lowest BCUT2D eigenvalue weighted by atomic mass is 9.88. The molecular weight excluding hydrogens is 456 g/mol. The van der Waals surface area contributed by atoms with E-state index in [0.717, 1.165) is 28.6 Å². The number of hydrogen-bond donors (Lipinski definition) is 0. The summed E-state index contributed by atoms with van der Waals surface area (Å²) >= 11 is 0. The standard InChI is InChI=1S/C29H30N2O5/c1-5-13-34-26(32)11-8-12-31-23-16-25-19(14-20(23)18(2)17-29(31,3)4)15-21(28(33)36-25)27-30-22-9-6-7-10-24(22)35-27/h6-7,9-10,14-17H,5,8,11-13H2,1-4H3. The van der Waals surface area contributed by atoms with E-state index in [1.54, 1.807) is 6.07 Å². The highest BCUT2D eigenvalue weighted by molar-refractivity contribution is 5.93. The lowest BCUT2D eigenvalue weighted by molar-refractivity contribution is -0.143. The van der Waals surface area contributed by atoms with Crippen LogP contribution in [0.5, 0.6) is 0 Å². The van der Waals surface area contributed by atoms with Crippen LogP contribution in [0.1, 0.15) is 52.5 Å². The summed E-state index contributed by atoms with van der Waals surface area (Å²) in [5.41, 5.74) is 4.51. The molecule has 36 heavy (non-hydrogen) atoms. The molecule has 5 rings (SSSR count). The van der Waals surface area contributed by atoms with Gasteiger partial charge in [0.25, 0.3) is 0 Å². The zero-order valence-electron chi connectivity index (χ0n) is 21.1. The van der Waals surface area contributed by atoms with Crippen molar-refractivity contribution in [2.75, 3.05) is 18.1 Å².